The highest BCUT2D eigenvalue weighted by Crippen LogP contribution is 2.35. The van der Waals surface area contributed by atoms with Gasteiger partial charge in [0.25, 0.3) is 0 Å². The Morgan fingerprint density at radius 1 is 1.00 bits per heavy atom. The van der Waals surface area contributed by atoms with Gasteiger partial charge in [0, 0.05) is 57.2 Å². The fourth-order valence-electron chi connectivity index (χ4n) is 6.80. The Kier molecular flexibility index (Phi) is 11.5. The van der Waals surface area contributed by atoms with E-state index in [2.05, 4.69) is 33.7 Å². The maximum Gasteiger partial charge on any atom is 0.249 e. The molecule has 1 unspecified atom stereocenters. The number of hydrogen-bond acceptors (Lipinski definition) is 7. The lowest BCUT2D eigenvalue weighted by atomic mass is 10.00. The zero-order valence-electron chi connectivity index (χ0n) is 28.7. The van der Waals surface area contributed by atoms with Crippen LogP contribution < -0.4 is 4.74 Å². The van der Waals surface area contributed by atoms with Crippen molar-refractivity contribution in [2.75, 3.05) is 66.3 Å². The molecule has 1 saturated heterocycles. The van der Waals surface area contributed by atoms with Crippen molar-refractivity contribution in [3.05, 3.63) is 82.2 Å². The number of aromatic nitrogens is 1. The monoisotopic (exact) mass is 666 g/mol. The van der Waals surface area contributed by atoms with Gasteiger partial charge in [0.05, 0.1) is 37.9 Å². The van der Waals surface area contributed by atoms with Gasteiger partial charge in [-0.25, -0.2) is 8.42 Å². The number of sulfonamides is 1. The van der Waals surface area contributed by atoms with E-state index in [0.717, 1.165) is 49.7 Å². The van der Waals surface area contributed by atoms with E-state index in [4.69, 9.17) is 14.2 Å². The van der Waals surface area contributed by atoms with Gasteiger partial charge < -0.3 is 23.7 Å². The summed E-state index contributed by atoms with van der Waals surface area (Å²) < 4.78 is 48.8. The Hall–Kier alpha value is -3.22. The van der Waals surface area contributed by atoms with Crippen LogP contribution in [0.15, 0.2) is 53.4 Å². The number of fused-ring (bicyclic) bond motifs is 1. The molecule has 0 radical (unpaired) electrons. The van der Waals surface area contributed by atoms with E-state index in [9.17, 15) is 13.2 Å². The minimum absolute atomic E-state index is 0.106. The lowest BCUT2D eigenvalue weighted by Crippen LogP contribution is -2.45. The van der Waals surface area contributed by atoms with Crippen LogP contribution in [0, 0.1) is 26.7 Å². The second-order valence-corrected chi connectivity index (χ2v) is 14.8. The summed E-state index contributed by atoms with van der Waals surface area (Å²) in [6, 6.07) is 16.0. The van der Waals surface area contributed by atoms with Crippen molar-refractivity contribution < 1.29 is 27.4 Å². The first kappa shape index (κ1) is 35.1. The molecule has 0 N–H and O–H groups in total. The molecule has 2 aliphatic rings. The molecule has 2 aromatic carbocycles. The molecule has 3 heterocycles. The molecule has 1 atom stereocenters. The van der Waals surface area contributed by atoms with E-state index in [0.29, 0.717) is 41.4 Å². The Labute approximate surface area is 280 Å². The summed E-state index contributed by atoms with van der Waals surface area (Å²) in [6.45, 7) is 15.4. The van der Waals surface area contributed by atoms with Crippen LogP contribution in [0.4, 0.5) is 0 Å². The minimum Gasteiger partial charge on any atom is -0.496 e. The van der Waals surface area contributed by atoms with Gasteiger partial charge in [-0.15, -0.1) is 0 Å². The van der Waals surface area contributed by atoms with Gasteiger partial charge in [-0.1, -0.05) is 44.2 Å². The Morgan fingerprint density at radius 3 is 2.40 bits per heavy atom. The van der Waals surface area contributed by atoms with Crippen molar-refractivity contribution in [2.45, 2.75) is 58.6 Å². The molecule has 3 aromatic rings. The van der Waals surface area contributed by atoms with Crippen LogP contribution in [0.5, 0.6) is 5.75 Å². The van der Waals surface area contributed by atoms with Crippen LogP contribution in [-0.4, -0.2) is 99.3 Å². The molecular formula is C36H50N4O6S. The van der Waals surface area contributed by atoms with Crippen LogP contribution in [-0.2, 0) is 37.4 Å². The summed E-state index contributed by atoms with van der Waals surface area (Å²) in [7, 11) is -2.23. The molecule has 2 aliphatic heterocycles. The molecule has 0 aliphatic carbocycles. The molecule has 1 fully saturated rings. The molecule has 0 spiro atoms. The first-order valence-electron chi connectivity index (χ1n) is 16.6. The third kappa shape index (κ3) is 7.76. The van der Waals surface area contributed by atoms with Gasteiger partial charge in [0.15, 0.2) is 0 Å². The first-order chi connectivity index (χ1) is 22.5. The zero-order valence-corrected chi connectivity index (χ0v) is 29.5. The summed E-state index contributed by atoms with van der Waals surface area (Å²) in [5, 5.41) is 0. The maximum atomic E-state index is 14.0. The topological polar surface area (TPSA) is 93.5 Å². The lowest BCUT2D eigenvalue weighted by Gasteiger charge is -2.38. The third-order valence-electron chi connectivity index (χ3n) is 9.26. The molecule has 10 nitrogen and oxygen atoms in total. The number of morpholine rings is 1. The van der Waals surface area contributed by atoms with Crippen molar-refractivity contribution in [1.29, 1.82) is 0 Å². The molecule has 47 heavy (non-hydrogen) atoms. The van der Waals surface area contributed by atoms with Crippen molar-refractivity contribution in [2.24, 2.45) is 5.92 Å². The normalized spacial score (nSPS) is 17.4. The first-order valence-corrected chi connectivity index (χ1v) is 18.0. The second-order valence-electron chi connectivity index (χ2n) is 13.0. The van der Waals surface area contributed by atoms with Gasteiger partial charge in [0.1, 0.15) is 12.4 Å². The standard InChI is InChI=1S/C36H50N4O6S/c1-26(2)23-38(47(42,43)36-27(3)22-33(44-6)28(4)29(36)5)18-21-46-25-34(41)40-15-14-39-31(24-37-16-19-45-20-17-37)12-13-32(39)35(40)30-10-8-7-9-11-30/h7-13,22,26,35H,14-21,23-25H2,1-6H3. The number of amides is 1. The average molecular weight is 667 g/mol. The highest BCUT2D eigenvalue weighted by Gasteiger charge is 2.34. The van der Waals surface area contributed by atoms with Gasteiger partial charge in [-0.3, -0.25) is 9.69 Å². The van der Waals surface area contributed by atoms with Crippen LogP contribution in [0.2, 0.25) is 0 Å². The van der Waals surface area contributed by atoms with E-state index < -0.39 is 10.0 Å². The van der Waals surface area contributed by atoms with Crippen molar-refractivity contribution in [3.63, 3.8) is 0 Å². The third-order valence-corrected chi connectivity index (χ3v) is 11.4. The average Bonchev–Trinajstić information content (AvgIpc) is 3.46. The summed E-state index contributed by atoms with van der Waals surface area (Å²) >= 11 is 0. The van der Waals surface area contributed by atoms with Crippen LogP contribution in [0.25, 0.3) is 0 Å². The number of hydrogen-bond donors (Lipinski definition) is 0. The molecule has 5 rings (SSSR count). The molecule has 1 amide bonds. The number of rotatable bonds is 13. The largest absolute Gasteiger partial charge is 0.496 e. The maximum absolute atomic E-state index is 14.0. The summed E-state index contributed by atoms with van der Waals surface area (Å²) in [6.07, 6.45) is 0. The van der Waals surface area contributed by atoms with Crippen LogP contribution in [0.3, 0.4) is 0 Å². The summed E-state index contributed by atoms with van der Waals surface area (Å²) in [5.74, 6) is 0.663. The summed E-state index contributed by atoms with van der Waals surface area (Å²) in [4.78, 5) is 18.4. The van der Waals surface area contributed by atoms with Crippen molar-refractivity contribution in [1.82, 2.24) is 18.7 Å². The highest BCUT2D eigenvalue weighted by atomic mass is 32.2. The second kappa shape index (κ2) is 15.3. The lowest BCUT2D eigenvalue weighted by molar-refractivity contribution is -0.139. The minimum atomic E-state index is -3.82. The quantitative estimate of drug-likeness (QED) is 0.247. The number of ether oxygens (including phenoxy) is 3. The molecular weight excluding hydrogens is 616 g/mol. The molecule has 0 bridgehead atoms. The smallest absolute Gasteiger partial charge is 0.249 e. The fourth-order valence-corrected chi connectivity index (χ4v) is 8.87. The SMILES string of the molecule is COc1cc(C)c(S(=O)(=O)N(CCOCC(=O)N2CCn3c(CN4CCOCC4)ccc3C2c2ccccc2)CC(C)C)c(C)c1C. The Bertz CT molecular complexity index is 1630. The van der Waals surface area contributed by atoms with E-state index in [1.807, 2.05) is 50.8 Å². The molecule has 11 heteroatoms. The molecule has 0 saturated carbocycles. The fraction of sp³-hybridized carbons (Fsp3) is 0.528. The van der Waals surface area contributed by atoms with Gasteiger partial charge in [-0.2, -0.15) is 4.31 Å². The molecule has 256 valence electrons. The predicted molar refractivity (Wildman–Crippen MR) is 182 cm³/mol. The number of aryl methyl sites for hydroxylation is 1. The van der Waals surface area contributed by atoms with E-state index in [-0.39, 0.29) is 37.6 Å². The van der Waals surface area contributed by atoms with Crippen molar-refractivity contribution >= 4 is 15.9 Å². The van der Waals surface area contributed by atoms with Crippen molar-refractivity contribution in [3.8, 4) is 5.75 Å². The number of carbonyl (C=O) groups excluding carboxylic acids is 1. The highest BCUT2D eigenvalue weighted by molar-refractivity contribution is 7.89. The number of carbonyl (C=O) groups is 1. The van der Waals surface area contributed by atoms with Gasteiger partial charge in [-0.05, 0) is 67.1 Å². The van der Waals surface area contributed by atoms with Gasteiger partial charge >= 0.3 is 0 Å². The molecule has 1 aromatic heterocycles. The number of nitrogens with zero attached hydrogens (tertiary/aromatic N) is 4. The zero-order chi connectivity index (χ0) is 33.7. The van der Waals surface area contributed by atoms with Crippen LogP contribution >= 0.6 is 0 Å². The van der Waals surface area contributed by atoms with Gasteiger partial charge in [0.2, 0.25) is 15.9 Å². The summed E-state index contributed by atoms with van der Waals surface area (Å²) in [5.41, 5.74) is 5.51. The Morgan fingerprint density at radius 2 is 1.72 bits per heavy atom. The number of benzene rings is 2. The van der Waals surface area contributed by atoms with E-state index in [1.165, 1.54) is 10.00 Å². The Balaban J connectivity index is 1.29. The van der Waals surface area contributed by atoms with E-state index in [1.54, 1.807) is 20.1 Å². The van der Waals surface area contributed by atoms with Crippen LogP contribution in [0.1, 0.15) is 53.5 Å². The van der Waals surface area contributed by atoms with E-state index >= 15 is 0 Å². The predicted octanol–water partition coefficient (Wildman–Crippen LogP) is 4.55. The number of methoxy groups -OCH3 is 1.